The van der Waals surface area contributed by atoms with Crippen LogP contribution < -0.4 is 10.5 Å². The van der Waals surface area contributed by atoms with Gasteiger partial charge in [-0.15, -0.1) is 0 Å². The van der Waals surface area contributed by atoms with Crippen molar-refractivity contribution in [3.8, 4) is 16.9 Å². The molecule has 1 saturated carbocycles. The lowest BCUT2D eigenvalue weighted by Crippen LogP contribution is -2.31. The summed E-state index contributed by atoms with van der Waals surface area (Å²) in [6.07, 6.45) is 11.7. The molecule has 0 spiro atoms. The number of pyridine rings is 2. The molecule has 3 aromatic rings. The van der Waals surface area contributed by atoms with Crippen LogP contribution in [0.2, 0.25) is 0 Å². The van der Waals surface area contributed by atoms with Gasteiger partial charge in [0.2, 0.25) is 0 Å². The van der Waals surface area contributed by atoms with Crippen LogP contribution >= 0.6 is 0 Å². The molecule has 2 heterocycles. The van der Waals surface area contributed by atoms with E-state index < -0.39 is 0 Å². The summed E-state index contributed by atoms with van der Waals surface area (Å²) in [4.78, 5) is 8.51. The van der Waals surface area contributed by atoms with Crippen molar-refractivity contribution in [3.05, 3.63) is 55.1 Å². The lowest BCUT2D eigenvalue weighted by atomic mass is 9.93. The maximum atomic E-state index is 6.39. The van der Waals surface area contributed by atoms with Crippen molar-refractivity contribution in [2.45, 2.75) is 37.8 Å². The van der Waals surface area contributed by atoms with Crippen LogP contribution in [0, 0.1) is 0 Å². The summed E-state index contributed by atoms with van der Waals surface area (Å²) in [6, 6.07) is 10.5. The van der Waals surface area contributed by atoms with Crippen molar-refractivity contribution in [3.63, 3.8) is 0 Å². The maximum absolute atomic E-state index is 6.39. The Morgan fingerprint density at radius 1 is 0.917 bits per heavy atom. The lowest BCUT2D eigenvalue weighted by Gasteiger charge is -2.28. The molecule has 0 bridgehead atoms. The van der Waals surface area contributed by atoms with Gasteiger partial charge in [-0.2, -0.15) is 0 Å². The van der Waals surface area contributed by atoms with Crippen LogP contribution in [0.4, 0.5) is 0 Å². The van der Waals surface area contributed by atoms with Gasteiger partial charge in [0.15, 0.2) is 0 Å². The SMILES string of the molecule is NC1CCC(Oc2ccc3cnccc3c2-c2cccnc2)CC1. The summed E-state index contributed by atoms with van der Waals surface area (Å²) in [6.45, 7) is 0. The van der Waals surface area contributed by atoms with Crippen LogP contribution in [-0.4, -0.2) is 22.1 Å². The van der Waals surface area contributed by atoms with E-state index >= 15 is 0 Å². The predicted molar refractivity (Wildman–Crippen MR) is 95.8 cm³/mol. The van der Waals surface area contributed by atoms with Crippen molar-refractivity contribution in [2.24, 2.45) is 5.73 Å². The van der Waals surface area contributed by atoms with Gasteiger partial charge in [-0.05, 0) is 55.3 Å². The van der Waals surface area contributed by atoms with Crippen LogP contribution in [0.1, 0.15) is 25.7 Å². The zero-order valence-corrected chi connectivity index (χ0v) is 13.6. The molecule has 0 atom stereocenters. The highest BCUT2D eigenvalue weighted by Gasteiger charge is 2.21. The Balaban J connectivity index is 1.77. The molecular weight excluding hydrogens is 298 g/mol. The first-order valence-electron chi connectivity index (χ1n) is 8.50. The zero-order chi connectivity index (χ0) is 16.4. The second-order valence-electron chi connectivity index (χ2n) is 6.43. The number of rotatable bonds is 3. The Hall–Kier alpha value is -2.46. The van der Waals surface area contributed by atoms with Crippen molar-refractivity contribution in [1.29, 1.82) is 0 Å². The largest absolute Gasteiger partial charge is 0.490 e. The van der Waals surface area contributed by atoms with E-state index in [1.165, 1.54) is 0 Å². The maximum Gasteiger partial charge on any atom is 0.128 e. The minimum Gasteiger partial charge on any atom is -0.490 e. The molecular formula is C20H21N3O. The van der Waals surface area contributed by atoms with Crippen molar-refractivity contribution < 1.29 is 4.74 Å². The van der Waals surface area contributed by atoms with Crippen LogP contribution in [0.25, 0.3) is 21.9 Å². The Morgan fingerprint density at radius 3 is 2.54 bits per heavy atom. The van der Waals surface area contributed by atoms with Gasteiger partial charge >= 0.3 is 0 Å². The van der Waals surface area contributed by atoms with E-state index in [1.807, 2.05) is 30.7 Å². The molecule has 4 rings (SSSR count). The summed E-state index contributed by atoms with van der Waals surface area (Å²) >= 11 is 0. The Morgan fingerprint density at radius 2 is 1.75 bits per heavy atom. The molecule has 2 aromatic heterocycles. The summed E-state index contributed by atoms with van der Waals surface area (Å²) in [5.74, 6) is 0.919. The molecule has 1 aromatic carbocycles. The highest BCUT2D eigenvalue weighted by Crippen LogP contribution is 2.38. The van der Waals surface area contributed by atoms with E-state index in [1.54, 1.807) is 6.20 Å². The summed E-state index contributed by atoms with van der Waals surface area (Å²) in [5.41, 5.74) is 8.18. The van der Waals surface area contributed by atoms with Crippen molar-refractivity contribution in [1.82, 2.24) is 9.97 Å². The quantitative estimate of drug-likeness (QED) is 0.794. The summed E-state index contributed by atoms with van der Waals surface area (Å²) in [5, 5.41) is 2.25. The summed E-state index contributed by atoms with van der Waals surface area (Å²) < 4.78 is 6.39. The molecule has 4 nitrogen and oxygen atoms in total. The van der Waals surface area contributed by atoms with E-state index in [2.05, 4.69) is 28.2 Å². The molecule has 1 aliphatic rings. The topological polar surface area (TPSA) is 61.0 Å². The van der Waals surface area contributed by atoms with Crippen molar-refractivity contribution >= 4 is 10.8 Å². The molecule has 24 heavy (non-hydrogen) atoms. The van der Waals surface area contributed by atoms with Crippen LogP contribution in [-0.2, 0) is 0 Å². The molecule has 0 amide bonds. The second kappa shape index (κ2) is 6.57. The molecule has 122 valence electrons. The number of aromatic nitrogens is 2. The lowest BCUT2D eigenvalue weighted by molar-refractivity contribution is 0.148. The van der Waals surface area contributed by atoms with E-state index in [0.717, 1.165) is 53.3 Å². The fourth-order valence-corrected chi connectivity index (χ4v) is 3.44. The van der Waals surface area contributed by atoms with E-state index in [9.17, 15) is 0 Å². The first kappa shape index (κ1) is 15.1. The highest BCUT2D eigenvalue weighted by molar-refractivity contribution is 5.99. The molecule has 0 unspecified atom stereocenters. The van der Waals surface area contributed by atoms with Gasteiger partial charge < -0.3 is 10.5 Å². The Kier molecular flexibility index (Phi) is 4.13. The number of fused-ring (bicyclic) bond motifs is 1. The average molecular weight is 319 g/mol. The molecule has 4 heteroatoms. The minimum absolute atomic E-state index is 0.236. The van der Waals surface area contributed by atoms with Crippen LogP contribution in [0.15, 0.2) is 55.1 Å². The standard InChI is InChI=1S/C20H21N3O/c21-16-4-6-17(7-5-16)24-19-8-3-14-12-23-11-9-18(14)20(19)15-2-1-10-22-13-15/h1-3,8-13,16-17H,4-7,21H2. The molecule has 0 radical (unpaired) electrons. The smallest absolute Gasteiger partial charge is 0.128 e. The second-order valence-corrected chi connectivity index (χ2v) is 6.43. The van der Waals surface area contributed by atoms with E-state index in [0.29, 0.717) is 6.04 Å². The monoisotopic (exact) mass is 319 g/mol. The molecule has 2 N–H and O–H groups in total. The normalized spacial score (nSPS) is 20.9. The fraction of sp³-hybridized carbons (Fsp3) is 0.300. The average Bonchev–Trinajstić information content (AvgIpc) is 2.64. The molecule has 0 aliphatic heterocycles. The fourth-order valence-electron chi connectivity index (χ4n) is 3.44. The molecule has 1 fully saturated rings. The highest BCUT2D eigenvalue weighted by atomic mass is 16.5. The molecule has 0 saturated heterocycles. The van der Waals surface area contributed by atoms with E-state index in [4.69, 9.17) is 10.5 Å². The van der Waals surface area contributed by atoms with Gasteiger partial charge in [-0.1, -0.05) is 6.07 Å². The number of hydrogen-bond donors (Lipinski definition) is 1. The van der Waals surface area contributed by atoms with Gasteiger partial charge in [0.1, 0.15) is 5.75 Å². The third kappa shape index (κ3) is 2.97. The number of nitrogens with zero attached hydrogens (tertiary/aromatic N) is 2. The first-order valence-corrected chi connectivity index (χ1v) is 8.50. The van der Waals surface area contributed by atoms with Crippen LogP contribution in [0.3, 0.4) is 0 Å². The third-order valence-corrected chi connectivity index (χ3v) is 4.74. The third-order valence-electron chi connectivity index (χ3n) is 4.74. The van der Waals surface area contributed by atoms with Gasteiger partial charge in [0, 0.05) is 47.3 Å². The van der Waals surface area contributed by atoms with Crippen LogP contribution in [0.5, 0.6) is 5.75 Å². The van der Waals surface area contributed by atoms with Gasteiger partial charge in [0.05, 0.1) is 6.10 Å². The number of ether oxygens (including phenoxy) is 1. The minimum atomic E-state index is 0.236. The number of hydrogen-bond acceptors (Lipinski definition) is 4. The van der Waals surface area contributed by atoms with Crippen molar-refractivity contribution in [2.75, 3.05) is 0 Å². The molecule has 1 aliphatic carbocycles. The summed E-state index contributed by atoms with van der Waals surface area (Å²) in [7, 11) is 0. The van der Waals surface area contributed by atoms with Gasteiger partial charge in [-0.3, -0.25) is 9.97 Å². The Bertz CT molecular complexity index is 827. The Labute approximate surface area is 141 Å². The van der Waals surface area contributed by atoms with Gasteiger partial charge in [-0.25, -0.2) is 0 Å². The predicted octanol–water partition coefficient (Wildman–Crippen LogP) is 3.95. The number of nitrogens with two attached hydrogens (primary N) is 1. The zero-order valence-electron chi connectivity index (χ0n) is 13.6. The van der Waals surface area contributed by atoms with Gasteiger partial charge in [0.25, 0.3) is 0 Å². The number of benzene rings is 1. The van der Waals surface area contributed by atoms with E-state index in [-0.39, 0.29) is 6.10 Å². The first-order chi connectivity index (χ1) is 11.8.